The number of rotatable bonds is 2. The Kier molecular flexibility index (Phi) is 5.04. The van der Waals surface area contributed by atoms with E-state index in [1.807, 2.05) is 0 Å². The molecule has 25 heavy (non-hydrogen) atoms. The SMILES string of the molecule is C1CNCC(C2CCC3NCC4NNC(C5CCCNC5)C4C3C2)C1. The van der Waals surface area contributed by atoms with Crippen molar-refractivity contribution in [3.05, 3.63) is 0 Å². The van der Waals surface area contributed by atoms with Gasteiger partial charge >= 0.3 is 0 Å². The fraction of sp³-hybridized carbons (Fsp3) is 1.00. The molecule has 0 radical (unpaired) electrons. The van der Waals surface area contributed by atoms with Crippen molar-refractivity contribution in [1.29, 1.82) is 0 Å². The van der Waals surface area contributed by atoms with Crippen LogP contribution in [0.3, 0.4) is 0 Å². The van der Waals surface area contributed by atoms with E-state index in [-0.39, 0.29) is 0 Å². The van der Waals surface area contributed by atoms with Gasteiger partial charge in [-0.05, 0) is 101 Å². The van der Waals surface area contributed by atoms with Crippen LogP contribution in [-0.2, 0) is 0 Å². The average Bonchev–Trinajstić information content (AvgIpc) is 3.14. The molecule has 5 fully saturated rings. The number of hydrogen-bond acceptors (Lipinski definition) is 5. The molecule has 4 saturated heterocycles. The Labute approximate surface area is 152 Å². The lowest BCUT2D eigenvalue weighted by molar-refractivity contribution is 0.0532. The minimum Gasteiger partial charge on any atom is -0.316 e. The third kappa shape index (κ3) is 3.27. The zero-order valence-corrected chi connectivity index (χ0v) is 15.6. The molecule has 4 aliphatic heterocycles. The summed E-state index contributed by atoms with van der Waals surface area (Å²) in [5.41, 5.74) is 7.43. The van der Waals surface area contributed by atoms with Gasteiger partial charge in [0.05, 0.1) is 0 Å². The molecule has 5 heteroatoms. The Balaban J connectivity index is 1.31. The number of hydrazine groups is 1. The third-order valence-corrected chi connectivity index (χ3v) is 8.19. The molecule has 0 aromatic rings. The molecule has 5 nitrogen and oxygen atoms in total. The summed E-state index contributed by atoms with van der Waals surface area (Å²) in [5, 5.41) is 11.2. The van der Waals surface area contributed by atoms with Crippen molar-refractivity contribution >= 4 is 0 Å². The highest BCUT2D eigenvalue weighted by Gasteiger charge is 2.51. The summed E-state index contributed by atoms with van der Waals surface area (Å²) >= 11 is 0. The van der Waals surface area contributed by atoms with Crippen LogP contribution in [0.15, 0.2) is 0 Å². The van der Waals surface area contributed by atoms with Crippen LogP contribution in [0.2, 0.25) is 0 Å². The van der Waals surface area contributed by atoms with Gasteiger partial charge in [-0.15, -0.1) is 0 Å². The van der Waals surface area contributed by atoms with Gasteiger partial charge in [0.1, 0.15) is 0 Å². The van der Waals surface area contributed by atoms with E-state index in [9.17, 15) is 0 Å². The molecule has 1 saturated carbocycles. The number of hydrogen-bond donors (Lipinski definition) is 5. The molecule has 0 bridgehead atoms. The van der Waals surface area contributed by atoms with Crippen LogP contribution in [-0.4, -0.2) is 50.8 Å². The van der Waals surface area contributed by atoms with Crippen LogP contribution in [0, 0.1) is 29.6 Å². The third-order valence-electron chi connectivity index (χ3n) is 8.19. The zero-order valence-electron chi connectivity index (χ0n) is 15.6. The van der Waals surface area contributed by atoms with E-state index in [4.69, 9.17) is 0 Å². The number of nitrogens with one attached hydrogen (secondary N) is 5. The van der Waals surface area contributed by atoms with Gasteiger partial charge in [-0.1, -0.05) is 0 Å². The van der Waals surface area contributed by atoms with Gasteiger partial charge in [0.15, 0.2) is 0 Å². The van der Waals surface area contributed by atoms with E-state index in [1.54, 1.807) is 0 Å². The van der Waals surface area contributed by atoms with Crippen LogP contribution in [0.5, 0.6) is 0 Å². The summed E-state index contributed by atoms with van der Waals surface area (Å²) in [6, 6.07) is 2.09. The Hall–Kier alpha value is -0.200. The monoisotopic (exact) mass is 347 g/mol. The van der Waals surface area contributed by atoms with Gasteiger partial charge < -0.3 is 16.0 Å². The van der Waals surface area contributed by atoms with Crippen molar-refractivity contribution in [3.8, 4) is 0 Å². The van der Waals surface area contributed by atoms with Gasteiger partial charge in [-0.2, -0.15) is 0 Å². The highest BCUT2D eigenvalue weighted by Crippen LogP contribution is 2.45. The first-order chi connectivity index (χ1) is 12.4. The van der Waals surface area contributed by atoms with Crippen LogP contribution < -0.4 is 26.8 Å². The first kappa shape index (κ1) is 16.9. The van der Waals surface area contributed by atoms with Crippen LogP contribution in [0.1, 0.15) is 44.9 Å². The standard InChI is InChI=1S/C20H37N5/c1-3-14(10-21-7-1)13-5-6-17-16(9-13)19-18(12-23-17)24-25-20(19)15-4-2-8-22-11-15/h13-25H,1-12H2. The van der Waals surface area contributed by atoms with Crippen LogP contribution in [0.4, 0.5) is 0 Å². The van der Waals surface area contributed by atoms with Gasteiger partial charge in [-0.3, -0.25) is 10.9 Å². The second-order valence-corrected chi connectivity index (χ2v) is 9.46. The van der Waals surface area contributed by atoms with Crippen molar-refractivity contribution < 1.29 is 0 Å². The highest BCUT2D eigenvalue weighted by atomic mass is 15.4. The molecule has 5 rings (SSSR count). The van der Waals surface area contributed by atoms with Gasteiger partial charge in [0.25, 0.3) is 0 Å². The van der Waals surface area contributed by atoms with Gasteiger partial charge in [-0.25, -0.2) is 0 Å². The maximum Gasteiger partial charge on any atom is 0.0384 e. The van der Waals surface area contributed by atoms with Crippen molar-refractivity contribution in [1.82, 2.24) is 26.8 Å². The molecule has 0 spiro atoms. The maximum atomic E-state index is 3.91. The maximum absolute atomic E-state index is 3.91. The van der Waals surface area contributed by atoms with E-state index in [0.717, 1.165) is 42.2 Å². The Bertz CT molecular complexity index is 445. The molecule has 0 amide bonds. The predicted molar refractivity (Wildman–Crippen MR) is 101 cm³/mol. The average molecular weight is 348 g/mol. The first-order valence-corrected chi connectivity index (χ1v) is 11.1. The van der Waals surface area contributed by atoms with Crippen LogP contribution >= 0.6 is 0 Å². The minimum absolute atomic E-state index is 0.636. The van der Waals surface area contributed by atoms with Gasteiger partial charge in [0.2, 0.25) is 0 Å². The summed E-state index contributed by atoms with van der Waals surface area (Å²) in [7, 11) is 0. The van der Waals surface area contributed by atoms with Crippen molar-refractivity contribution in [3.63, 3.8) is 0 Å². The Morgan fingerprint density at radius 1 is 0.640 bits per heavy atom. The molecular weight excluding hydrogens is 310 g/mol. The summed E-state index contributed by atoms with van der Waals surface area (Å²) in [6.07, 6.45) is 9.92. The van der Waals surface area contributed by atoms with Crippen molar-refractivity contribution in [2.75, 3.05) is 32.7 Å². The summed E-state index contributed by atoms with van der Waals surface area (Å²) in [6.45, 7) is 6.10. The summed E-state index contributed by atoms with van der Waals surface area (Å²) in [4.78, 5) is 0. The molecule has 8 unspecified atom stereocenters. The van der Waals surface area contributed by atoms with Gasteiger partial charge in [0, 0.05) is 24.7 Å². The number of piperidine rings is 3. The molecule has 1 aliphatic carbocycles. The topological polar surface area (TPSA) is 60.1 Å². The quantitative estimate of drug-likeness (QED) is 0.512. The molecule has 5 aliphatic rings. The summed E-state index contributed by atoms with van der Waals surface area (Å²) < 4.78 is 0. The number of fused-ring (bicyclic) bond motifs is 3. The fourth-order valence-electron chi connectivity index (χ4n) is 6.92. The predicted octanol–water partition coefficient (Wildman–Crippen LogP) is 0.835. The minimum atomic E-state index is 0.636. The zero-order chi connectivity index (χ0) is 16.6. The van der Waals surface area contributed by atoms with Crippen LogP contribution in [0.25, 0.3) is 0 Å². The molecular formula is C20H37N5. The van der Waals surface area contributed by atoms with E-state index in [2.05, 4.69) is 26.8 Å². The lowest BCUT2D eigenvalue weighted by Gasteiger charge is -2.49. The largest absolute Gasteiger partial charge is 0.316 e. The van der Waals surface area contributed by atoms with E-state index < -0.39 is 0 Å². The molecule has 4 heterocycles. The molecule has 8 atom stereocenters. The first-order valence-electron chi connectivity index (χ1n) is 11.1. The fourth-order valence-corrected chi connectivity index (χ4v) is 6.92. The molecule has 0 aromatic carbocycles. The highest BCUT2D eigenvalue weighted by molar-refractivity contribution is 5.07. The lowest BCUT2D eigenvalue weighted by atomic mass is 9.62. The van der Waals surface area contributed by atoms with E-state index in [1.165, 1.54) is 71.1 Å². The second-order valence-electron chi connectivity index (χ2n) is 9.46. The Morgan fingerprint density at radius 3 is 2.20 bits per heavy atom. The van der Waals surface area contributed by atoms with E-state index >= 15 is 0 Å². The normalized spacial score (nSPS) is 50.9. The molecule has 142 valence electrons. The lowest BCUT2D eigenvalue weighted by Crippen LogP contribution is -2.59. The molecule has 0 aromatic heterocycles. The smallest absolute Gasteiger partial charge is 0.0384 e. The second kappa shape index (κ2) is 7.43. The van der Waals surface area contributed by atoms with Crippen molar-refractivity contribution in [2.24, 2.45) is 29.6 Å². The Morgan fingerprint density at radius 2 is 1.44 bits per heavy atom. The van der Waals surface area contributed by atoms with E-state index in [0.29, 0.717) is 12.1 Å². The molecule has 5 N–H and O–H groups in total. The van der Waals surface area contributed by atoms with Crippen molar-refractivity contribution in [2.45, 2.75) is 63.1 Å². The summed E-state index contributed by atoms with van der Waals surface area (Å²) in [5.74, 6) is 4.41.